The molecule has 0 amide bonds. The summed E-state index contributed by atoms with van der Waals surface area (Å²) in [6, 6.07) is 29.8. The number of halogens is 1. The second kappa shape index (κ2) is 18.9. The molecular weight excluding hydrogens is 588 g/mol. The predicted octanol–water partition coefficient (Wildman–Crippen LogP) is 3.99. The summed E-state index contributed by atoms with van der Waals surface area (Å²) >= 11 is 0. The Kier molecular flexibility index (Phi) is 17.6. The molecule has 0 saturated carbocycles. The largest absolute Gasteiger partial charge is 2.00 e. The van der Waals surface area contributed by atoms with Crippen molar-refractivity contribution >= 4 is 11.4 Å². The zero-order valence-corrected chi connectivity index (χ0v) is 22.9. The van der Waals surface area contributed by atoms with Gasteiger partial charge in [0.1, 0.15) is 0 Å². The first-order chi connectivity index (χ1) is 15.7. The zero-order chi connectivity index (χ0) is 22.4. The Bertz CT molecular complexity index is 1030. The summed E-state index contributed by atoms with van der Waals surface area (Å²) in [5.41, 5.74) is 5.08. The third-order valence-electron chi connectivity index (χ3n) is 4.47. The molecule has 1 aliphatic rings. The van der Waals surface area contributed by atoms with E-state index in [4.69, 9.17) is 0 Å². The third-order valence-corrected chi connectivity index (χ3v) is 4.47. The summed E-state index contributed by atoms with van der Waals surface area (Å²) in [6.07, 6.45) is 12.6. The molecule has 35 heavy (non-hydrogen) atoms. The van der Waals surface area contributed by atoms with Gasteiger partial charge in [-0.25, -0.2) is 12.1 Å². The van der Waals surface area contributed by atoms with Crippen molar-refractivity contribution in [3.63, 3.8) is 0 Å². The monoisotopic (exact) mass is 613 g/mol. The molecule has 0 atom stereocenters. The van der Waals surface area contributed by atoms with Crippen LogP contribution in [0.4, 0.5) is 5.69 Å². The fourth-order valence-corrected chi connectivity index (χ4v) is 2.78. The second-order valence-electron chi connectivity index (χ2n) is 7.01. The first kappa shape index (κ1) is 32.6. The summed E-state index contributed by atoms with van der Waals surface area (Å²) in [6.45, 7) is 4.08. The van der Waals surface area contributed by atoms with Gasteiger partial charge in [-0.15, -0.1) is 0 Å². The van der Waals surface area contributed by atoms with E-state index in [9.17, 15) is 0 Å². The van der Waals surface area contributed by atoms with Crippen molar-refractivity contribution in [1.29, 1.82) is 0 Å². The van der Waals surface area contributed by atoms with Crippen LogP contribution < -0.4 is 12.4 Å². The van der Waals surface area contributed by atoms with Crippen LogP contribution in [0.1, 0.15) is 12.5 Å². The SMILES string of the molecule is CC(=Nc1ccc(C)cc1)[C]1[C-]=C[CH-][CH]1.[Cl-].[Fe+2].[Pd+2].c1cc[cH-]c1.c1ccc(-c2ccccn2)nc1. The maximum absolute atomic E-state index is 4.53. The Balaban J connectivity index is 0.000000521. The Morgan fingerprint density at radius 2 is 1.40 bits per heavy atom. The van der Waals surface area contributed by atoms with Gasteiger partial charge in [-0.2, -0.15) is 30.5 Å². The van der Waals surface area contributed by atoms with E-state index in [0.717, 1.165) is 28.7 Å². The molecule has 0 fully saturated rings. The van der Waals surface area contributed by atoms with Gasteiger partial charge in [0, 0.05) is 12.4 Å². The molecule has 0 unspecified atom stereocenters. The number of nitrogens with zero attached hydrogens (tertiary/aromatic N) is 3. The van der Waals surface area contributed by atoms with Crippen LogP contribution in [-0.2, 0) is 37.5 Å². The number of aliphatic imine (C=N–C) groups is 1. The van der Waals surface area contributed by atoms with E-state index in [0.29, 0.717) is 0 Å². The van der Waals surface area contributed by atoms with Crippen LogP contribution in [0.25, 0.3) is 11.4 Å². The number of pyridine rings is 2. The van der Waals surface area contributed by atoms with E-state index >= 15 is 0 Å². The van der Waals surface area contributed by atoms with Gasteiger partial charge >= 0.3 is 37.5 Å². The van der Waals surface area contributed by atoms with Gasteiger partial charge in [0.05, 0.1) is 17.1 Å². The molecule has 1 aliphatic carbocycles. The van der Waals surface area contributed by atoms with Gasteiger partial charge in [-0.05, 0) is 56.0 Å². The number of hydrogen-bond donors (Lipinski definition) is 0. The smallest absolute Gasteiger partial charge is 1.00 e. The van der Waals surface area contributed by atoms with Gasteiger partial charge in [0.15, 0.2) is 0 Å². The average molecular weight is 614 g/mol. The van der Waals surface area contributed by atoms with Gasteiger partial charge in [0.2, 0.25) is 0 Å². The minimum Gasteiger partial charge on any atom is -1.00 e. The van der Waals surface area contributed by atoms with E-state index in [1.807, 2.05) is 105 Å². The quantitative estimate of drug-likeness (QED) is 0.199. The van der Waals surface area contributed by atoms with Gasteiger partial charge in [-0.1, -0.05) is 29.8 Å². The topological polar surface area (TPSA) is 38.1 Å². The molecule has 0 spiro atoms. The van der Waals surface area contributed by atoms with Crippen molar-refractivity contribution in [3.05, 3.63) is 140 Å². The summed E-state index contributed by atoms with van der Waals surface area (Å²) in [7, 11) is 0. The molecule has 0 N–H and O–H groups in total. The van der Waals surface area contributed by atoms with Crippen molar-refractivity contribution in [3.8, 4) is 11.4 Å². The van der Waals surface area contributed by atoms with Crippen molar-refractivity contribution < 1.29 is 49.9 Å². The molecule has 6 heteroatoms. The minimum atomic E-state index is 0. The van der Waals surface area contributed by atoms with E-state index in [1.165, 1.54) is 5.56 Å². The summed E-state index contributed by atoms with van der Waals surface area (Å²) in [5.74, 6) is 1.07. The van der Waals surface area contributed by atoms with Crippen molar-refractivity contribution in [1.82, 2.24) is 9.97 Å². The molecule has 2 aromatic heterocycles. The van der Waals surface area contributed by atoms with Crippen molar-refractivity contribution in [2.45, 2.75) is 13.8 Å². The zero-order valence-electron chi connectivity index (χ0n) is 19.4. The Morgan fingerprint density at radius 3 is 1.80 bits per heavy atom. The standard InChI is InChI=1S/C14H13N.C10H8N2.C5H5.ClH.Fe.Pd/c1-11-7-9-14(10-8-11)15-12(2)13-5-3-4-6-13;1-3-7-11-9(5-1)10-6-2-4-8-12-10;1-2-4-5-3-1;;;/h3-5,7-10H,1-2H3;1-8H;1-5H;1H;;/q-2;;-1;;2*+2/p-1. The van der Waals surface area contributed by atoms with Crippen LogP contribution in [0, 0.1) is 31.8 Å². The fourth-order valence-electron chi connectivity index (χ4n) is 2.78. The number of allylic oxidation sites excluding steroid dienone is 2. The minimum absolute atomic E-state index is 0. The Hall–Kier alpha value is -2.38. The first-order valence-electron chi connectivity index (χ1n) is 10.5. The van der Waals surface area contributed by atoms with Gasteiger partial charge in [0.25, 0.3) is 0 Å². The average Bonchev–Trinajstić information content (AvgIpc) is 3.59. The van der Waals surface area contributed by atoms with Crippen LogP contribution >= 0.6 is 0 Å². The summed E-state index contributed by atoms with van der Waals surface area (Å²) < 4.78 is 0. The predicted molar refractivity (Wildman–Crippen MR) is 133 cm³/mol. The molecule has 3 nitrogen and oxygen atoms in total. The van der Waals surface area contributed by atoms with E-state index in [2.05, 4.69) is 40.1 Å². The van der Waals surface area contributed by atoms with Crippen LogP contribution in [-0.4, -0.2) is 15.7 Å². The maximum atomic E-state index is 4.53. The van der Waals surface area contributed by atoms with Crippen LogP contribution in [0.3, 0.4) is 0 Å². The maximum Gasteiger partial charge on any atom is 2.00 e. The molecule has 2 heterocycles. The van der Waals surface area contributed by atoms with Crippen molar-refractivity contribution in [2.24, 2.45) is 4.99 Å². The number of hydrogen-bond acceptors (Lipinski definition) is 3. The molecule has 2 aromatic carbocycles. The molecule has 0 saturated heterocycles. The second-order valence-corrected chi connectivity index (χ2v) is 7.01. The molecular formula is C29H26ClFeN3Pd. The molecule has 0 bridgehead atoms. The van der Waals surface area contributed by atoms with Gasteiger partial charge in [-0.3, -0.25) is 15.0 Å². The number of aryl methyl sites for hydroxylation is 1. The molecule has 4 aromatic rings. The fraction of sp³-hybridized carbons (Fsp3) is 0.0690. The Morgan fingerprint density at radius 1 is 0.829 bits per heavy atom. The molecule has 0 aliphatic heterocycles. The van der Waals surface area contributed by atoms with Crippen LogP contribution in [0.15, 0.2) is 114 Å². The number of rotatable bonds is 3. The number of aromatic nitrogens is 2. The molecule has 5 rings (SSSR count). The first-order valence-corrected chi connectivity index (χ1v) is 10.5. The summed E-state index contributed by atoms with van der Waals surface area (Å²) in [4.78, 5) is 12.9. The normalized spacial score (nSPS) is 11.7. The van der Waals surface area contributed by atoms with E-state index in [-0.39, 0.29) is 49.9 Å². The molecule has 2 radical (unpaired) electrons. The van der Waals surface area contributed by atoms with Gasteiger partial charge < -0.3 is 31.0 Å². The van der Waals surface area contributed by atoms with E-state index in [1.54, 1.807) is 12.4 Å². The van der Waals surface area contributed by atoms with Crippen LogP contribution in [0.5, 0.6) is 0 Å². The Labute approximate surface area is 240 Å². The van der Waals surface area contributed by atoms with Crippen molar-refractivity contribution in [2.75, 3.05) is 0 Å². The summed E-state index contributed by atoms with van der Waals surface area (Å²) in [5, 5.41) is 0. The van der Waals surface area contributed by atoms with E-state index < -0.39 is 0 Å². The third kappa shape index (κ3) is 12.2. The van der Waals surface area contributed by atoms with Crippen LogP contribution in [0.2, 0.25) is 0 Å². The molecule has 182 valence electrons. The number of benzene rings is 1.